The highest BCUT2D eigenvalue weighted by molar-refractivity contribution is 7.13. The topological polar surface area (TPSA) is 63.1 Å². The number of rotatable bonds is 4. The van der Waals surface area contributed by atoms with Crippen molar-refractivity contribution < 1.29 is 4.79 Å². The number of hydrogen-bond donors (Lipinski definition) is 1. The standard InChI is InChI=1S/C19H21N5OS.ClH/c1-23(14-9-11-20-12-10-14)19(25)17-21-18(16-8-5-13-26-16)24(22-17)15-6-3-2-4-7-15;/h2-8,13-14,20H,9-12H2,1H3;1H. The first-order valence-electron chi connectivity index (χ1n) is 8.78. The molecule has 0 unspecified atom stereocenters. The van der Waals surface area contributed by atoms with Crippen molar-refractivity contribution in [3.8, 4) is 16.4 Å². The molecule has 1 amide bonds. The van der Waals surface area contributed by atoms with Crippen LogP contribution in [-0.4, -0.2) is 51.8 Å². The van der Waals surface area contributed by atoms with E-state index in [2.05, 4.69) is 15.4 Å². The lowest BCUT2D eigenvalue weighted by Crippen LogP contribution is -2.44. The predicted octanol–water partition coefficient (Wildman–Crippen LogP) is 3.24. The molecule has 1 N–H and O–H groups in total. The second kappa shape index (κ2) is 8.65. The molecular formula is C19H22ClN5OS. The van der Waals surface area contributed by atoms with Gasteiger partial charge in [0.25, 0.3) is 5.91 Å². The van der Waals surface area contributed by atoms with Crippen molar-refractivity contribution in [1.29, 1.82) is 0 Å². The average Bonchev–Trinajstić information content (AvgIpc) is 3.38. The van der Waals surface area contributed by atoms with Crippen LogP contribution in [0.25, 0.3) is 16.4 Å². The van der Waals surface area contributed by atoms with Gasteiger partial charge in [-0.3, -0.25) is 4.79 Å². The van der Waals surface area contributed by atoms with E-state index < -0.39 is 0 Å². The van der Waals surface area contributed by atoms with E-state index in [9.17, 15) is 4.79 Å². The highest BCUT2D eigenvalue weighted by Gasteiger charge is 2.27. The highest BCUT2D eigenvalue weighted by Crippen LogP contribution is 2.26. The van der Waals surface area contributed by atoms with Crippen molar-refractivity contribution in [3.05, 3.63) is 53.7 Å². The second-order valence-corrected chi connectivity index (χ2v) is 7.33. The maximum absolute atomic E-state index is 13.0. The van der Waals surface area contributed by atoms with Crippen molar-refractivity contribution in [2.45, 2.75) is 18.9 Å². The molecule has 0 aliphatic carbocycles. The van der Waals surface area contributed by atoms with E-state index in [1.807, 2.05) is 54.9 Å². The van der Waals surface area contributed by atoms with Crippen molar-refractivity contribution in [3.63, 3.8) is 0 Å². The third kappa shape index (κ3) is 4.05. The number of halogens is 1. The Bertz CT molecular complexity index is 875. The van der Waals surface area contributed by atoms with E-state index in [0.717, 1.165) is 36.5 Å². The molecule has 0 radical (unpaired) electrons. The summed E-state index contributed by atoms with van der Waals surface area (Å²) in [7, 11) is 1.85. The molecule has 1 fully saturated rings. The predicted molar refractivity (Wildman–Crippen MR) is 110 cm³/mol. The first kappa shape index (κ1) is 19.5. The van der Waals surface area contributed by atoms with E-state index in [1.165, 1.54) is 0 Å². The van der Waals surface area contributed by atoms with Crippen molar-refractivity contribution >= 4 is 29.7 Å². The number of nitrogens with one attached hydrogen (secondary N) is 1. The van der Waals surface area contributed by atoms with E-state index in [-0.39, 0.29) is 30.2 Å². The van der Waals surface area contributed by atoms with Crippen LogP contribution < -0.4 is 5.32 Å². The Morgan fingerprint density at radius 3 is 2.59 bits per heavy atom. The van der Waals surface area contributed by atoms with Gasteiger partial charge < -0.3 is 10.2 Å². The number of aromatic nitrogens is 3. The zero-order valence-corrected chi connectivity index (χ0v) is 16.7. The lowest BCUT2D eigenvalue weighted by Gasteiger charge is -2.30. The van der Waals surface area contributed by atoms with Gasteiger partial charge in [-0.05, 0) is 49.5 Å². The number of carbonyl (C=O) groups is 1. The molecule has 1 aliphatic heterocycles. The first-order valence-corrected chi connectivity index (χ1v) is 9.66. The number of hydrogen-bond acceptors (Lipinski definition) is 5. The second-order valence-electron chi connectivity index (χ2n) is 6.38. The van der Waals surface area contributed by atoms with E-state index >= 15 is 0 Å². The number of carbonyl (C=O) groups excluding carboxylic acids is 1. The summed E-state index contributed by atoms with van der Waals surface area (Å²) in [6, 6.07) is 14.0. The molecule has 3 heterocycles. The fraction of sp³-hybridized carbons (Fsp3) is 0.316. The van der Waals surface area contributed by atoms with Crippen LogP contribution >= 0.6 is 23.7 Å². The number of nitrogens with zero attached hydrogens (tertiary/aromatic N) is 4. The number of piperidine rings is 1. The minimum Gasteiger partial charge on any atom is -0.336 e. The van der Waals surface area contributed by atoms with E-state index in [1.54, 1.807) is 20.9 Å². The molecule has 2 aromatic heterocycles. The van der Waals surface area contributed by atoms with Gasteiger partial charge in [0.1, 0.15) is 0 Å². The summed E-state index contributed by atoms with van der Waals surface area (Å²) in [5.41, 5.74) is 0.895. The molecule has 0 spiro atoms. The van der Waals surface area contributed by atoms with Crippen LogP contribution in [0.2, 0.25) is 0 Å². The third-order valence-electron chi connectivity index (χ3n) is 4.72. The van der Waals surface area contributed by atoms with Gasteiger partial charge in [0.05, 0.1) is 10.6 Å². The zero-order chi connectivity index (χ0) is 17.9. The summed E-state index contributed by atoms with van der Waals surface area (Å²) in [5.74, 6) is 0.830. The smallest absolute Gasteiger partial charge is 0.293 e. The molecular weight excluding hydrogens is 382 g/mol. The summed E-state index contributed by atoms with van der Waals surface area (Å²) in [6.07, 6.45) is 1.92. The maximum atomic E-state index is 13.0. The Labute approximate surface area is 168 Å². The Morgan fingerprint density at radius 2 is 1.93 bits per heavy atom. The van der Waals surface area contributed by atoms with Crippen LogP contribution in [0, 0.1) is 0 Å². The lowest BCUT2D eigenvalue weighted by molar-refractivity contribution is 0.0691. The van der Waals surface area contributed by atoms with Gasteiger partial charge in [-0.15, -0.1) is 28.8 Å². The molecule has 3 aromatic rings. The minimum absolute atomic E-state index is 0. The fourth-order valence-electron chi connectivity index (χ4n) is 3.23. The third-order valence-corrected chi connectivity index (χ3v) is 5.58. The van der Waals surface area contributed by atoms with Crippen molar-refractivity contribution in [2.24, 2.45) is 0 Å². The molecule has 27 heavy (non-hydrogen) atoms. The van der Waals surface area contributed by atoms with Crippen LogP contribution in [0.1, 0.15) is 23.5 Å². The van der Waals surface area contributed by atoms with Crippen LogP contribution in [0.3, 0.4) is 0 Å². The summed E-state index contributed by atoms with van der Waals surface area (Å²) < 4.78 is 1.76. The molecule has 0 saturated carbocycles. The average molecular weight is 404 g/mol. The van der Waals surface area contributed by atoms with Gasteiger partial charge in [0, 0.05) is 13.1 Å². The van der Waals surface area contributed by atoms with Crippen LogP contribution in [0.5, 0.6) is 0 Å². The highest BCUT2D eigenvalue weighted by atomic mass is 35.5. The molecule has 6 nitrogen and oxygen atoms in total. The molecule has 0 bridgehead atoms. The van der Waals surface area contributed by atoms with Gasteiger partial charge >= 0.3 is 0 Å². The molecule has 1 aliphatic rings. The normalized spacial score (nSPS) is 14.6. The molecule has 0 atom stereocenters. The summed E-state index contributed by atoms with van der Waals surface area (Å²) in [6.45, 7) is 1.88. The Kier molecular flexibility index (Phi) is 6.26. The van der Waals surface area contributed by atoms with Crippen LogP contribution in [0.4, 0.5) is 0 Å². The van der Waals surface area contributed by atoms with Gasteiger partial charge in [0.15, 0.2) is 5.82 Å². The number of thiophene rings is 1. The first-order chi connectivity index (χ1) is 12.7. The van der Waals surface area contributed by atoms with Gasteiger partial charge in [-0.2, -0.15) is 0 Å². The zero-order valence-electron chi connectivity index (χ0n) is 15.0. The summed E-state index contributed by atoms with van der Waals surface area (Å²) >= 11 is 1.59. The lowest BCUT2D eigenvalue weighted by atomic mass is 10.1. The summed E-state index contributed by atoms with van der Waals surface area (Å²) in [5, 5.41) is 9.89. The quantitative estimate of drug-likeness (QED) is 0.726. The molecule has 1 aromatic carbocycles. The van der Waals surface area contributed by atoms with Crippen molar-refractivity contribution in [2.75, 3.05) is 20.1 Å². The molecule has 8 heteroatoms. The Balaban J connectivity index is 0.00000210. The van der Waals surface area contributed by atoms with Gasteiger partial charge in [0.2, 0.25) is 5.82 Å². The van der Waals surface area contributed by atoms with Crippen molar-refractivity contribution in [1.82, 2.24) is 25.0 Å². The number of amides is 1. The van der Waals surface area contributed by atoms with Gasteiger partial charge in [-0.1, -0.05) is 24.3 Å². The fourth-order valence-corrected chi connectivity index (χ4v) is 3.93. The number of benzene rings is 1. The largest absolute Gasteiger partial charge is 0.336 e. The number of para-hydroxylation sites is 1. The molecule has 1 saturated heterocycles. The Morgan fingerprint density at radius 1 is 1.19 bits per heavy atom. The minimum atomic E-state index is -0.121. The SMILES string of the molecule is CN(C(=O)c1nc(-c2cccs2)n(-c2ccccc2)n1)C1CCNCC1.Cl. The van der Waals surface area contributed by atoms with E-state index in [0.29, 0.717) is 5.82 Å². The maximum Gasteiger partial charge on any atom is 0.293 e. The molecule has 142 valence electrons. The van der Waals surface area contributed by atoms with Crippen LogP contribution in [0.15, 0.2) is 47.8 Å². The summed E-state index contributed by atoms with van der Waals surface area (Å²) in [4.78, 5) is 20.4. The monoisotopic (exact) mass is 403 g/mol. The Hall–Kier alpha value is -2.22. The van der Waals surface area contributed by atoms with Gasteiger partial charge in [-0.25, -0.2) is 9.67 Å². The van der Waals surface area contributed by atoms with E-state index in [4.69, 9.17) is 0 Å². The van der Waals surface area contributed by atoms with Crippen LogP contribution in [-0.2, 0) is 0 Å². The molecule has 4 rings (SSSR count).